The van der Waals surface area contributed by atoms with E-state index < -0.39 is 21.8 Å². The summed E-state index contributed by atoms with van der Waals surface area (Å²) in [6, 6.07) is 8.88. The van der Waals surface area contributed by atoms with Crippen molar-refractivity contribution in [3.05, 3.63) is 35.4 Å². The van der Waals surface area contributed by atoms with Crippen LogP contribution >= 0.6 is 0 Å². The van der Waals surface area contributed by atoms with Gasteiger partial charge in [-0.3, -0.25) is 4.79 Å². The SMILES string of the molecule is CN(C)c1ccc(/C=C(\C#N)C(=O)N[C@@H]2CCS(=O)(=O)C2)cc1. The number of rotatable bonds is 4. The minimum absolute atomic E-state index is 0.0353. The molecule has 0 bridgehead atoms. The molecule has 0 aromatic heterocycles. The van der Waals surface area contributed by atoms with Gasteiger partial charge in [-0.05, 0) is 30.2 Å². The van der Waals surface area contributed by atoms with Crippen molar-refractivity contribution in [1.29, 1.82) is 5.26 Å². The zero-order valence-corrected chi connectivity index (χ0v) is 13.9. The normalized spacial score (nSPS) is 19.9. The average molecular weight is 333 g/mol. The molecule has 0 saturated carbocycles. The summed E-state index contributed by atoms with van der Waals surface area (Å²) in [5, 5.41) is 11.8. The van der Waals surface area contributed by atoms with Crippen LogP contribution in [-0.4, -0.2) is 46.0 Å². The Morgan fingerprint density at radius 2 is 2.00 bits per heavy atom. The fourth-order valence-corrected chi connectivity index (χ4v) is 4.03. The third-order valence-electron chi connectivity index (χ3n) is 3.65. The van der Waals surface area contributed by atoms with Crippen molar-refractivity contribution >= 4 is 27.5 Å². The van der Waals surface area contributed by atoms with Gasteiger partial charge in [-0.15, -0.1) is 0 Å². The number of hydrogen-bond acceptors (Lipinski definition) is 5. The Balaban J connectivity index is 2.09. The lowest BCUT2D eigenvalue weighted by Gasteiger charge is -2.12. The van der Waals surface area contributed by atoms with Gasteiger partial charge in [0, 0.05) is 25.8 Å². The van der Waals surface area contributed by atoms with Crippen molar-refractivity contribution in [3.8, 4) is 6.07 Å². The number of hydrogen-bond donors (Lipinski definition) is 1. The van der Waals surface area contributed by atoms with Crippen LogP contribution in [-0.2, 0) is 14.6 Å². The summed E-state index contributed by atoms with van der Waals surface area (Å²) < 4.78 is 22.8. The van der Waals surface area contributed by atoms with Crippen LogP contribution < -0.4 is 10.2 Å². The van der Waals surface area contributed by atoms with Crippen LogP contribution in [0.15, 0.2) is 29.8 Å². The maximum atomic E-state index is 12.1. The van der Waals surface area contributed by atoms with Gasteiger partial charge in [0.15, 0.2) is 9.84 Å². The molecule has 1 saturated heterocycles. The molecule has 1 aliphatic heterocycles. The Bertz CT molecular complexity index is 759. The largest absolute Gasteiger partial charge is 0.378 e. The molecule has 1 atom stereocenters. The number of nitriles is 1. The van der Waals surface area contributed by atoms with E-state index in [0.717, 1.165) is 11.3 Å². The molecule has 122 valence electrons. The van der Waals surface area contributed by atoms with Crippen molar-refractivity contribution in [3.63, 3.8) is 0 Å². The Morgan fingerprint density at radius 3 is 2.48 bits per heavy atom. The summed E-state index contributed by atoms with van der Waals surface area (Å²) in [5.41, 5.74) is 1.72. The van der Waals surface area contributed by atoms with Crippen molar-refractivity contribution in [2.45, 2.75) is 12.5 Å². The molecular formula is C16H19N3O3S. The highest BCUT2D eigenvalue weighted by molar-refractivity contribution is 7.91. The third-order valence-corrected chi connectivity index (χ3v) is 5.42. The van der Waals surface area contributed by atoms with Gasteiger partial charge in [0.1, 0.15) is 11.6 Å². The Labute approximate surface area is 136 Å². The van der Waals surface area contributed by atoms with Crippen molar-refractivity contribution in [1.82, 2.24) is 5.32 Å². The van der Waals surface area contributed by atoms with E-state index in [-0.39, 0.29) is 17.1 Å². The first-order valence-corrected chi connectivity index (χ1v) is 9.03. The molecule has 2 rings (SSSR count). The highest BCUT2D eigenvalue weighted by Crippen LogP contribution is 2.16. The lowest BCUT2D eigenvalue weighted by molar-refractivity contribution is -0.117. The second-order valence-electron chi connectivity index (χ2n) is 5.73. The van der Waals surface area contributed by atoms with E-state index in [0.29, 0.717) is 6.42 Å². The van der Waals surface area contributed by atoms with Crippen LogP contribution in [0.1, 0.15) is 12.0 Å². The molecule has 1 aromatic rings. The van der Waals surface area contributed by atoms with Crippen LogP contribution in [0.4, 0.5) is 5.69 Å². The molecule has 1 heterocycles. The number of sulfone groups is 1. The van der Waals surface area contributed by atoms with Crippen molar-refractivity contribution in [2.75, 3.05) is 30.5 Å². The quantitative estimate of drug-likeness (QED) is 0.655. The van der Waals surface area contributed by atoms with E-state index in [1.165, 1.54) is 6.08 Å². The summed E-state index contributed by atoms with van der Waals surface area (Å²) in [4.78, 5) is 14.1. The third kappa shape index (κ3) is 4.57. The number of nitrogens with zero attached hydrogens (tertiary/aromatic N) is 2. The van der Waals surface area contributed by atoms with Crippen LogP contribution in [0, 0.1) is 11.3 Å². The minimum atomic E-state index is -3.07. The maximum Gasteiger partial charge on any atom is 0.262 e. The smallest absolute Gasteiger partial charge is 0.262 e. The minimum Gasteiger partial charge on any atom is -0.378 e. The predicted octanol–water partition coefficient (Wildman–Crippen LogP) is 0.963. The van der Waals surface area contributed by atoms with E-state index >= 15 is 0 Å². The second kappa shape index (κ2) is 6.84. The van der Waals surface area contributed by atoms with Gasteiger partial charge in [-0.25, -0.2) is 8.42 Å². The number of nitrogens with one attached hydrogen (secondary N) is 1. The molecule has 1 aliphatic rings. The number of benzene rings is 1. The number of carbonyl (C=O) groups is 1. The highest BCUT2D eigenvalue weighted by atomic mass is 32.2. The standard InChI is InChI=1S/C16H19N3O3S/c1-19(2)15-5-3-12(4-6-15)9-13(10-17)16(20)18-14-7-8-23(21,22)11-14/h3-6,9,14H,7-8,11H2,1-2H3,(H,18,20)/b13-9+/t14-/m1/s1. The molecule has 7 heteroatoms. The molecule has 1 amide bonds. The fourth-order valence-electron chi connectivity index (χ4n) is 2.36. The lowest BCUT2D eigenvalue weighted by atomic mass is 10.1. The Hall–Kier alpha value is -2.33. The number of amides is 1. The first kappa shape index (κ1) is 17.0. The first-order valence-electron chi connectivity index (χ1n) is 7.21. The van der Waals surface area contributed by atoms with Gasteiger partial charge in [0.25, 0.3) is 5.91 Å². The van der Waals surface area contributed by atoms with Gasteiger partial charge < -0.3 is 10.2 Å². The highest BCUT2D eigenvalue weighted by Gasteiger charge is 2.29. The summed E-state index contributed by atoms with van der Waals surface area (Å²) in [5.74, 6) is -0.517. The molecule has 1 N–H and O–H groups in total. The molecule has 0 radical (unpaired) electrons. The second-order valence-corrected chi connectivity index (χ2v) is 7.96. The summed E-state index contributed by atoms with van der Waals surface area (Å²) in [6.45, 7) is 0. The fraction of sp³-hybridized carbons (Fsp3) is 0.375. The molecule has 6 nitrogen and oxygen atoms in total. The van der Waals surface area contributed by atoms with Gasteiger partial charge in [0.2, 0.25) is 0 Å². The van der Waals surface area contributed by atoms with Gasteiger partial charge >= 0.3 is 0 Å². The van der Waals surface area contributed by atoms with E-state index in [4.69, 9.17) is 0 Å². The molecule has 0 spiro atoms. The van der Waals surface area contributed by atoms with Crippen molar-refractivity contribution < 1.29 is 13.2 Å². The van der Waals surface area contributed by atoms with E-state index in [9.17, 15) is 18.5 Å². The van der Waals surface area contributed by atoms with E-state index in [2.05, 4.69) is 5.32 Å². The Kier molecular flexibility index (Phi) is 5.06. The van der Waals surface area contributed by atoms with Crippen LogP contribution in [0.3, 0.4) is 0 Å². The zero-order valence-electron chi connectivity index (χ0n) is 13.1. The number of anilines is 1. The van der Waals surface area contributed by atoms with Crippen LogP contribution in [0.2, 0.25) is 0 Å². The van der Waals surface area contributed by atoms with Gasteiger partial charge in [-0.1, -0.05) is 12.1 Å². The lowest BCUT2D eigenvalue weighted by Crippen LogP contribution is -2.36. The van der Waals surface area contributed by atoms with E-state index in [1.807, 2.05) is 49.3 Å². The molecule has 1 fully saturated rings. The molecule has 1 aromatic carbocycles. The van der Waals surface area contributed by atoms with E-state index in [1.54, 1.807) is 0 Å². The van der Waals surface area contributed by atoms with Crippen molar-refractivity contribution in [2.24, 2.45) is 0 Å². The first-order chi connectivity index (χ1) is 10.8. The topological polar surface area (TPSA) is 90.3 Å². The summed E-state index contributed by atoms with van der Waals surface area (Å²) in [6.07, 6.45) is 1.89. The Morgan fingerprint density at radius 1 is 1.35 bits per heavy atom. The zero-order chi connectivity index (χ0) is 17.0. The number of carbonyl (C=O) groups excluding carboxylic acids is 1. The molecule has 0 aliphatic carbocycles. The molecule has 23 heavy (non-hydrogen) atoms. The monoisotopic (exact) mass is 333 g/mol. The molecular weight excluding hydrogens is 314 g/mol. The summed E-state index contributed by atoms with van der Waals surface area (Å²) in [7, 11) is 0.783. The van der Waals surface area contributed by atoms with Crippen LogP contribution in [0.5, 0.6) is 0 Å². The van der Waals surface area contributed by atoms with Crippen LogP contribution in [0.25, 0.3) is 6.08 Å². The van der Waals surface area contributed by atoms with Gasteiger partial charge in [-0.2, -0.15) is 5.26 Å². The summed E-state index contributed by atoms with van der Waals surface area (Å²) >= 11 is 0. The van der Waals surface area contributed by atoms with Gasteiger partial charge in [0.05, 0.1) is 11.5 Å². The molecule has 0 unspecified atom stereocenters. The maximum absolute atomic E-state index is 12.1. The average Bonchev–Trinajstić information content (AvgIpc) is 2.83. The predicted molar refractivity (Wildman–Crippen MR) is 89.6 cm³/mol.